The van der Waals surface area contributed by atoms with Crippen molar-refractivity contribution in [2.75, 3.05) is 5.32 Å². The van der Waals surface area contributed by atoms with Gasteiger partial charge in [0, 0.05) is 35.2 Å². The molecule has 5 rings (SSSR count). The van der Waals surface area contributed by atoms with Crippen LogP contribution in [0.4, 0.5) is 16.0 Å². The molecule has 0 unspecified atom stereocenters. The van der Waals surface area contributed by atoms with Crippen LogP contribution in [0.2, 0.25) is 0 Å². The lowest BCUT2D eigenvalue weighted by molar-refractivity contribution is 0.421. The molecule has 1 saturated carbocycles. The molecular formula is C22H19FN6. The summed E-state index contributed by atoms with van der Waals surface area (Å²) in [7, 11) is 0. The van der Waals surface area contributed by atoms with Crippen LogP contribution in [0.25, 0.3) is 22.3 Å². The number of aromatic nitrogens is 5. The number of fused-ring (bicyclic) bond motifs is 1. The second-order valence-corrected chi connectivity index (χ2v) is 7.27. The van der Waals surface area contributed by atoms with Crippen molar-refractivity contribution in [1.29, 1.82) is 0 Å². The number of nitrogens with zero attached hydrogens (tertiary/aromatic N) is 5. The fraction of sp³-hybridized carbons (Fsp3) is 0.227. The summed E-state index contributed by atoms with van der Waals surface area (Å²) in [6.45, 7) is 2.01. The third-order valence-electron chi connectivity index (χ3n) is 5.39. The van der Waals surface area contributed by atoms with Crippen molar-refractivity contribution in [3.05, 3.63) is 66.1 Å². The topological polar surface area (TPSA) is 76.5 Å². The zero-order valence-corrected chi connectivity index (χ0v) is 15.9. The van der Waals surface area contributed by atoms with E-state index in [4.69, 9.17) is 9.97 Å². The first kappa shape index (κ1) is 17.6. The molecule has 1 fully saturated rings. The smallest absolute Gasteiger partial charge is 0.167 e. The molecule has 4 aromatic heterocycles. The third kappa shape index (κ3) is 3.29. The van der Waals surface area contributed by atoms with Gasteiger partial charge in [0.05, 0.1) is 11.7 Å². The van der Waals surface area contributed by atoms with Gasteiger partial charge in [-0.1, -0.05) is 6.42 Å². The van der Waals surface area contributed by atoms with Crippen LogP contribution in [0.5, 0.6) is 0 Å². The van der Waals surface area contributed by atoms with E-state index >= 15 is 0 Å². The Balaban J connectivity index is 1.53. The first-order valence-corrected chi connectivity index (χ1v) is 9.65. The highest BCUT2D eigenvalue weighted by atomic mass is 19.1. The quantitative estimate of drug-likeness (QED) is 0.535. The number of aryl methyl sites for hydroxylation is 1. The third-order valence-corrected chi connectivity index (χ3v) is 5.39. The van der Waals surface area contributed by atoms with Crippen molar-refractivity contribution in [3.8, 4) is 11.4 Å². The van der Waals surface area contributed by atoms with Gasteiger partial charge in [-0.3, -0.25) is 4.98 Å². The van der Waals surface area contributed by atoms with Crippen molar-refractivity contribution in [2.24, 2.45) is 0 Å². The Hall–Kier alpha value is -3.48. The molecule has 0 amide bonds. The summed E-state index contributed by atoms with van der Waals surface area (Å²) in [5, 5.41) is 4.02. The van der Waals surface area contributed by atoms with E-state index in [1.807, 2.05) is 19.2 Å². The average molecular weight is 386 g/mol. The van der Waals surface area contributed by atoms with Crippen LogP contribution in [0, 0.1) is 12.7 Å². The van der Waals surface area contributed by atoms with Crippen molar-refractivity contribution in [1.82, 2.24) is 24.9 Å². The molecule has 0 atom stereocenters. The lowest BCUT2D eigenvalue weighted by Crippen LogP contribution is -2.11. The molecule has 144 valence electrons. The lowest BCUT2D eigenvalue weighted by atomic mass is 9.79. The number of rotatable bonds is 4. The van der Waals surface area contributed by atoms with Gasteiger partial charge in [0.25, 0.3) is 0 Å². The highest BCUT2D eigenvalue weighted by Gasteiger charge is 2.23. The first-order valence-electron chi connectivity index (χ1n) is 9.65. The number of hydrogen-bond acceptors (Lipinski definition) is 6. The molecule has 1 N–H and O–H groups in total. The predicted molar refractivity (Wildman–Crippen MR) is 109 cm³/mol. The van der Waals surface area contributed by atoms with E-state index in [9.17, 15) is 4.39 Å². The minimum absolute atomic E-state index is 0.127. The maximum Gasteiger partial charge on any atom is 0.167 e. The molecule has 0 spiro atoms. The van der Waals surface area contributed by atoms with E-state index in [0.29, 0.717) is 17.6 Å². The van der Waals surface area contributed by atoms with E-state index in [-0.39, 0.29) is 5.82 Å². The molecule has 0 aliphatic heterocycles. The van der Waals surface area contributed by atoms with Gasteiger partial charge in [0.1, 0.15) is 5.82 Å². The largest absolute Gasteiger partial charge is 0.322 e. The van der Waals surface area contributed by atoms with Gasteiger partial charge in [0.2, 0.25) is 0 Å². The zero-order chi connectivity index (χ0) is 19.8. The molecule has 0 saturated heterocycles. The summed E-state index contributed by atoms with van der Waals surface area (Å²) in [4.78, 5) is 22.2. The summed E-state index contributed by atoms with van der Waals surface area (Å²) in [5.74, 6) is 1.32. The van der Waals surface area contributed by atoms with E-state index in [1.54, 1.807) is 24.5 Å². The zero-order valence-electron chi connectivity index (χ0n) is 15.9. The minimum Gasteiger partial charge on any atom is -0.322 e. The average Bonchev–Trinajstić information content (AvgIpc) is 2.69. The van der Waals surface area contributed by atoms with Crippen molar-refractivity contribution < 1.29 is 4.39 Å². The Morgan fingerprint density at radius 1 is 1.07 bits per heavy atom. The number of pyridine rings is 3. The Kier molecular flexibility index (Phi) is 4.35. The monoisotopic (exact) mass is 386 g/mol. The summed E-state index contributed by atoms with van der Waals surface area (Å²) < 4.78 is 13.9. The molecule has 6 nitrogen and oxygen atoms in total. The number of nitrogens with one attached hydrogen (secondary N) is 1. The highest BCUT2D eigenvalue weighted by Crippen LogP contribution is 2.39. The Bertz CT molecular complexity index is 1210. The normalized spacial score (nSPS) is 14.0. The Morgan fingerprint density at radius 2 is 1.97 bits per heavy atom. The molecule has 0 aromatic carbocycles. The van der Waals surface area contributed by atoms with Crippen molar-refractivity contribution >= 4 is 22.5 Å². The summed E-state index contributed by atoms with van der Waals surface area (Å²) in [5.41, 5.74) is 3.83. The van der Waals surface area contributed by atoms with Gasteiger partial charge in [-0.2, -0.15) is 0 Å². The van der Waals surface area contributed by atoms with Gasteiger partial charge in [0.15, 0.2) is 17.5 Å². The summed E-state index contributed by atoms with van der Waals surface area (Å²) in [6, 6.07) is 6.52. The van der Waals surface area contributed by atoms with Gasteiger partial charge in [-0.25, -0.2) is 24.3 Å². The fourth-order valence-corrected chi connectivity index (χ4v) is 3.69. The molecule has 1 aliphatic rings. The van der Waals surface area contributed by atoms with Gasteiger partial charge < -0.3 is 5.32 Å². The number of halogens is 1. The van der Waals surface area contributed by atoms with Gasteiger partial charge in [-0.15, -0.1) is 0 Å². The van der Waals surface area contributed by atoms with E-state index < -0.39 is 5.82 Å². The Morgan fingerprint density at radius 3 is 2.76 bits per heavy atom. The van der Waals surface area contributed by atoms with Crippen LogP contribution >= 0.6 is 0 Å². The van der Waals surface area contributed by atoms with Crippen LogP contribution in [-0.4, -0.2) is 24.9 Å². The van der Waals surface area contributed by atoms with Gasteiger partial charge >= 0.3 is 0 Å². The Labute approximate surface area is 167 Å². The maximum absolute atomic E-state index is 13.9. The SMILES string of the molecule is Cc1nc(-c2ccnc(Nc3ncccc3F)c2)nc2cncc(C3CCC3)c12. The highest BCUT2D eigenvalue weighted by molar-refractivity contribution is 5.85. The number of anilines is 2. The summed E-state index contributed by atoms with van der Waals surface area (Å²) >= 11 is 0. The standard InChI is InChI=1S/C22H19FN6/c1-13-20-16(14-4-2-5-14)11-24-12-18(20)28-21(27-13)15-7-9-25-19(10-15)29-22-17(23)6-3-8-26-22/h3,6-12,14H,2,4-5H2,1H3,(H,25,26,29). The molecule has 4 aromatic rings. The molecule has 0 radical (unpaired) electrons. The molecule has 4 heterocycles. The number of hydrogen-bond donors (Lipinski definition) is 1. The van der Waals surface area contributed by atoms with E-state index in [1.165, 1.54) is 37.1 Å². The molecular weight excluding hydrogens is 367 g/mol. The molecule has 1 aliphatic carbocycles. The first-order chi connectivity index (χ1) is 14.2. The van der Waals surface area contributed by atoms with Crippen LogP contribution in [-0.2, 0) is 0 Å². The van der Waals surface area contributed by atoms with Crippen LogP contribution in [0.1, 0.15) is 36.4 Å². The van der Waals surface area contributed by atoms with Crippen LogP contribution in [0.15, 0.2) is 49.1 Å². The van der Waals surface area contributed by atoms with Crippen LogP contribution < -0.4 is 5.32 Å². The summed E-state index contributed by atoms with van der Waals surface area (Å²) in [6.07, 6.45) is 10.6. The van der Waals surface area contributed by atoms with Gasteiger partial charge in [-0.05, 0) is 55.5 Å². The lowest BCUT2D eigenvalue weighted by Gasteiger charge is -2.26. The van der Waals surface area contributed by atoms with Crippen LogP contribution in [0.3, 0.4) is 0 Å². The molecule has 0 bridgehead atoms. The predicted octanol–water partition coefficient (Wildman–Crippen LogP) is 4.94. The molecule has 7 heteroatoms. The van der Waals surface area contributed by atoms with Crippen molar-refractivity contribution in [3.63, 3.8) is 0 Å². The minimum atomic E-state index is -0.438. The van der Waals surface area contributed by atoms with E-state index in [2.05, 4.69) is 20.3 Å². The van der Waals surface area contributed by atoms with E-state index in [0.717, 1.165) is 22.2 Å². The molecule has 29 heavy (non-hydrogen) atoms. The maximum atomic E-state index is 13.9. The fourth-order valence-electron chi connectivity index (χ4n) is 3.69. The van der Waals surface area contributed by atoms with Crippen molar-refractivity contribution in [2.45, 2.75) is 32.1 Å². The second kappa shape index (κ2) is 7.16. The second-order valence-electron chi connectivity index (χ2n) is 7.27.